The van der Waals surface area contributed by atoms with E-state index < -0.39 is 47.2 Å². The fourth-order valence-electron chi connectivity index (χ4n) is 3.22. The van der Waals surface area contributed by atoms with Gasteiger partial charge in [-0.25, -0.2) is 9.97 Å². The van der Waals surface area contributed by atoms with Crippen molar-refractivity contribution in [2.75, 3.05) is 5.32 Å². The van der Waals surface area contributed by atoms with Gasteiger partial charge >= 0.3 is 12.4 Å². The summed E-state index contributed by atoms with van der Waals surface area (Å²) in [7, 11) is 0. The molecule has 0 aliphatic heterocycles. The Kier molecular flexibility index (Phi) is 5.67. The van der Waals surface area contributed by atoms with Crippen molar-refractivity contribution in [3.05, 3.63) is 53.5 Å². The van der Waals surface area contributed by atoms with E-state index in [0.717, 1.165) is 18.3 Å². The van der Waals surface area contributed by atoms with Crippen LogP contribution in [0.3, 0.4) is 0 Å². The quantitative estimate of drug-likeness (QED) is 0.728. The molecule has 0 spiro atoms. The molecule has 1 saturated carbocycles. The zero-order valence-corrected chi connectivity index (χ0v) is 14.8. The van der Waals surface area contributed by atoms with Gasteiger partial charge in [0.1, 0.15) is 5.82 Å². The number of benzene rings is 1. The number of hydrogen-bond acceptors (Lipinski definition) is 4. The molecule has 2 aromatic rings. The van der Waals surface area contributed by atoms with Crippen LogP contribution >= 0.6 is 0 Å². The summed E-state index contributed by atoms with van der Waals surface area (Å²) in [6.45, 7) is 0. The average Bonchev–Trinajstić information content (AvgIpc) is 3.07. The highest BCUT2D eigenvalue weighted by Gasteiger charge is 2.37. The van der Waals surface area contributed by atoms with Crippen LogP contribution in [0.5, 0.6) is 0 Å². The minimum atomic E-state index is -4.67. The first-order chi connectivity index (χ1) is 13.6. The molecule has 2 atom stereocenters. The second-order valence-electron chi connectivity index (χ2n) is 6.59. The monoisotopic (exact) mass is 418 g/mol. The zero-order chi connectivity index (χ0) is 21.2. The Bertz CT molecular complexity index is 866. The average molecular weight is 418 g/mol. The second-order valence-corrected chi connectivity index (χ2v) is 6.59. The first-order valence-electron chi connectivity index (χ1n) is 8.68. The predicted molar refractivity (Wildman–Crippen MR) is 91.0 cm³/mol. The minimum Gasteiger partial charge on any atom is -0.364 e. The van der Waals surface area contributed by atoms with Gasteiger partial charge in [-0.2, -0.15) is 26.3 Å². The molecule has 1 aliphatic rings. The summed E-state index contributed by atoms with van der Waals surface area (Å²) in [5.41, 5.74) is -2.66. The van der Waals surface area contributed by atoms with Crippen molar-refractivity contribution in [2.24, 2.45) is 0 Å². The normalized spacial score (nSPS) is 19.8. The number of carbonyl (C=O) groups is 1. The number of nitrogens with zero attached hydrogens (tertiary/aromatic N) is 2. The smallest absolute Gasteiger partial charge is 0.364 e. The summed E-state index contributed by atoms with van der Waals surface area (Å²) in [4.78, 5) is 19.4. The van der Waals surface area contributed by atoms with E-state index in [0.29, 0.717) is 25.5 Å². The van der Waals surface area contributed by atoms with E-state index >= 15 is 0 Å². The Hall–Kier alpha value is -2.85. The summed E-state index contributed by atoms with van der Waals surface area (Å²) in [5, 5.41) is 5.48. The Labute approximate surface area is 161 Å². The van der Waals surface area contributed by atoms with Crippen LogP contribution in [0.15, 0.2) is 36.7 Å². The molecule has 2 unspecified atom stereocenters. The fourth-order valence-corrected chi connectivity index (χ4v) is 3.22. The van der Waals surface area contributed by atoms with E-state index in [2.05, 4.69) is 20.6 Å². The van der Waals surface area contributed by atoms with Gasteiger partial charge in [-0.15, -0.1) is 0 Å². The summed E-state index contributed by atoms with van der Waals surface area (Å²) < 4.78 is 77.0. The van der Waals surface area contributed by atoms with E-state index in [1.54, 1.807) is 0 Å². The maximum Gasteiger partial charge on any atom is 0.434 e. The molecule has 0 saturated heterocycles. The number of hydrogen-bond donors (Lipinski definition) is 2. The van der Waals surface area contributed by atoms with E-state index in [1.165, 1.54) is 12.1 Å². The predicted octanol–water partition coefficient (Wildman–Crippen LogP) is 4.28. The zero-order valence-electron chi connectivity index (χ0n) is 14.8. The maximum absolute atomic E-state index is 13.1. The molecule has 1 aliphatic carbocycles. The SMILES string of the molecule is O=C(NC1CCCC1Nc1cnc(C(F)(F)F)cn1)c1ccccc1C(F)(F)F. The van der Waals surface area contributed by atoms with Gasteiger partial charge in [0.25, 0.3) is 5.91 Å². The molecule has 11 heteroatoms. The lowest BCUT2D eigenvalue weighted by Crippen LogP contribution is -2.44. The number of nitrogens with one attached hydrogen (secondary N) is 2. The molecule has 5 nitrogen and oxygen atoms in total. The van der Waals surface area contributed by atoms with Gasteiger partial charge < -0.3 is 10.6 Å². The maximum atomic E-state index is 13.1. The molecule has 1 amide bonds. The van der Waals surface area contributed by atoms with E-state index in [4.69, 9.17) is 0 Å². The minimum absolute atomic E-state index is 0.0832. The number of carbonyl (C=O) groups excluding carboxylic acids is 1. The van der Waals surface area contributed by atoms with Crippen LogP contribution in [0.25, 0.3) is 0 Å². The van der Waals surface area contributed by atoms with Crippen LogP contribution in [0.1, 0.15) is 40.9 Å². The molecule has 1 fully saturated rings. The molecule has 3 rings (SSSR count). The summed E-state index contributed by atoms with van der Waals surface area (Å²) in [6.07, 6.45) is -6.01. The number of rotatable bonds is 4. The van der Waals surface area contributed by atoms with Crippen LogP contribution in [0, 0.1) is 0 Å². The van der Waals surface area contributed by atoms with Crippen molar-refractivity contribution in [3.63, 3.8) is 0 Å². The molecule has 156 valence electrons. The van der Waals surface area contributed by atoms with Crippen molar-refractivity contribution < 1.29 is 31.1 Å². The Balaban J connectivity index is 1.70. The van der Waals surface area contributed by atoms with E-state index in [-0.39, 0.29) is 5.82 Å². The molecule has 1 heterocycles. The van der Waals surface area contributed by atoms with Gasteiger partial charge in [0.2, 0.25) is 0 Å². The molecule has 29 heavy (non-hydrogen) atoms. The number of halogens is 6. The van der Waals surface area contributed by atoms with Crippen LogP contribution in [-0.4, -0.2) is 28.0 Å². The first kappa shape index (κ1) is 20.9. The molecular formula is C18H16F6N4O. The largest absolute Gasteiger partial charge is 0.434 e. The highest BCUT2D eigenvalue weighted by molar-refractivity contribution is 5.96. The first-order valence-corrected chi connectivity index (χ1v) is 8.68. The highest BCUT2D eigenvalue weighted by atomic mass is 19.4. The standard InChI is InChI=1S/C18H16F6N4O/c19-17(20,21)11-5-2-1-4-10(11)16(29)28-13-7-3-6-12(13)27-15-9-25-14(8-26-15)18(22,23)24/h1-2,4-5,8-9,12-13H,3,6-7H2,(H,26,27)(H,28,29). The van der Waals surface area contributed by atoms with Gasteiger partial charge in [-0.05, 0) is 31.4 Å². The van der Waals surface area contributed by atoms with Crippen LogP contribution in [-0.2, 0) is 12.4 Å². The van der Waals surface area contributed by atoms with Crippen molar-refractivity contribution in [1.29, 1.82) is 0 Å². The van der Waals surface area contributed by atoms with Gasteiger partial charge in [-0.3, -0.25) is 4.79 Å². The van der Waals surface area contributed by atoms with Gasteiger partial charge in [0, 0.05) is 12.1 Å². The van der Waals surface area contributed by atoms with Crippen LogP contribution < -0.4 is 10.6 Å². The third-order valence-corrected chi connectivity index (χ3v) is 4.59. The molecular weight excluding hydrogens is 402 g/mol. The number of anilines is 1. The Morgan fingerprint density at radius 2 is 1.62 bits per heavy atom. The lowest BCUT2D eigenvalue weighted by molar-refractivity contribution is -0.141. The second kappa shape index (κ2) is 7.88. The van der Waals surface area contributed by atoms with E-state index in [9.17, 15) is 31.1 Å². The third kappa shape index (κ3) is 4.96. The van der Waals surface area contributed by atoms with Crippen molar-refractivity contribution in [3.8, 4) is 0 Å². The van der Waals surface area contributed by atoms with Crippen molar-refractivity contribution >= 4 is 11.7 Å². The molecule has 0 radical (unpaired) electrons. The molecule has 1 aromatic heterocycles. The molecule has 0 bridgehead atoms. The summed E-state index contributed by atoms with van der Waals surface area (Å²) in [6, 6.07) is 3.55. The lowest BCUT2D eigenvalue weighted by atomic mass is 10.1. The van der Waals surface area contributed by atoms with Crippen molar-refractivity contribution in [1.82, 2.24) is 15.3 Å². The summed E-state index contributed by atoms with van der Waals surface area (Å²) >= 11 is 0. The Morgan fingerprint density at radius 1 is 0.931 bits per heavy atom. The summed E-state index contributed by atoms with van der Waals surface area (Å²) in [5.74, 6) is -0.782. The van der Waals surface area contributed by atoms with Gasteiger partial charge in [0.05, 0.1) is 23.5 Å². The van der Waals surface area contributed by atoms with Gasteiger partial charge in [-0.1, -0.05) is 12.1 Å². The fraction of sp³-hybridized carbons (Fsp3) is 0.389. The van der Waals surface area contributed by atoms with Crippen molar-refractivity contribution in [2.45, 2.75) is 43.7 Å². The van der Waals surface area contributed by atoms with Crippen LogP contribution in [0.4, 0.5) is 32.2 Å². The topological polar surface area (TPSA) is 66.9 Å². The number of aromatic nitrogens is 2. The van der Waals surface area contributed by atoms with Gasteiger partial charge in [0.15, 0.2) is 5.69 Å². The number of alkyl halides is 6. The van der Waals surface area contributed by atoms with E-state index in [1.807, 2.05) is 0 Å². The highest BCUT2D eigenvalue weighted by Crippen LogP contribution is 2.32. The third-order valence-electron chi connectivity index (χ3n) is 4.59. The molecule has 1 aromatic carbocycles. The lowest BCUT2D eigenvalue weighted by Gasteiger charge is -2.23. The molecule has 2 N–H and O–H groups in total. The Morgan fingerprint density at radius 3 is 2.24 bits per heavy atom. The number of amides is 1. The van der Waals surface area contributed by atoms with Crippen LogP contribution in [0.2, 0.25) is 0 Å².